The second kappa shape index (κ2) is 7.10. The van der Waals surface area contributed by atoms with Crippen LogP contribution in [0.25, 0.3) is 0 Å². The van der Waals surface area contributed by atoms with Crippen LogP contribution < -0.4 is 4.72 Å². The number of carbonyl (C=O) groups excluding carboxylic acids is 1. The second-order valence-electron chi connectivity index (χ2n) is 5.63. The van der Waals surface area contributed by atoms with Crippen LogP contribution in [0.5, 0.6) is 0 Å². The summed E-state index contributed by atoms with van der Waals surface area (Å²) in [6, 6.07) is 6.83. The van der Waals surface area contributed by atoms with Gasteiger partial charge in [0.15, 0.2) is 0 Å². The Labute approximate surface area is 135 Å². The number of amides is 1. The van der Waals surface area contributed by atoms with E-state index < -0.39 is 16.0 Å². The Morgan fingerprint density at radius 1 is 1.35 bits per heavy atom. The molecule has 1 fully saturated rings. The molecule has 1 saturated heterocycles. The summed E-state index contributed by atoms with van der Waals surface area (Å²) in [6.45, 7) is 1.09. The molecule has 1 aromatic carbocycles. The lowest BCUT2D eigenvalue weighted by atomic mass is 9.93. The number of aromatic carboxylic acids is 1. The van der Waals surface area contributed by atoms with Crippen molar-refractivity contribution >= 4 is 21.9 Å². The molecule has 126 valence electrons. The fourth-order valence-electron chi connectivity index (χ4n) is 2.79. The summed E-state index contributed by atoms with van der Waals surface area (Å²) in [5.41, 5.74) is 1.01. The molecule has 7 nitrogen and oxygen atoms in total. The van der Waals surface area contributed by atoms with Crippen molar-refractivity contribution in [1.29, 1.82) is 0 Å². The molecule has 0 unspecified atom stereocenters. The SMILES string of the molecule is CS(=O)(=O)NCCC(=O)N1CC[C@@H](c2ccccc2C(=O)O)C1. The maximum Gasteiger partial charge on any atom is 0.335 e. The predicted molar refractivity (Wildman–Crippen MR) is 84.8 cm³/mol. The van der Waals surface area contributed by atoms with Gasteiger partial charge in [0.25, 0.3) is 0 Å². The third kappa shape index (κ3) is 4.77. The maximum atomic E-state index is 12.1. The van der Waals surface area contributed by atoms with Crippen molar-refractivity contribution < 1.29 is 23.1 Å². The highest BCUT2D eigenvalue weighted by molar-refractivity contribution is 7.88. The molecule has 1 heterocycles. The van der Waals surface area contributed by atoms with Gasteiger partial charge in [-0.25, -0.2) is 17.9 Å². The maximum absolute atomic E-state index is 12.1. The second-order valence-corrected chi connectivity index (χ2v) is 7.47. The Bertz CT molecular complexity index is 702. The molecular weight excluding hydrogens is 320 g/mol. The van der Waals surface area contributed by atoms with Gasteiger partial charge in [0.05, 0.1) is 11.8 Å². The summed E-state index contributed by atoms with van der Waals surface area (Å²) < 4.78 is 24.3. The minimum Gasteiger partial charge on any atom is -0.478 e. The fourth-order valence-corrected chi connectivity index (χ4v) is 3.26. The first-order valence-corrected chi connectivity index (χ1v) is 9.21. The summed E-state index contributed by atoms with van der Waals surface area (Å²) >= 11 is 0. The smallest absolute Gasteiger partial charge is 0.335 e. The third-order valence-corrected chi connectivity index (χ3v) is 4.60. The van der Waals surface area contributed by atoms with Gasteiger partial charge in [-0.2, -0.15) is 0 Å². The van der Waals surface area contributed by atoms with Crippen LogP contribution >= 0.6 is 0 Å². The van der Waals surface area contributed by atoms with E-state index in [0.717, 1.165) is 11.8 Å². The van der Waals surface area contributed by atoms with Gasteiger partial charge in [0, 0.05) is 32.0 Å². The number of nitrogens with zero attached hydrogens (tertiary/aromatic N) is 1. The fraction of sp³-hybridized carbons (Fsp3) is 0.467. The van der Waals surface area contributed by atoms with Crippen molar-refractivity contribution in [2.45, 2.75) is 18.8 Å². The van der Waals surface area contributed by atoms with Crippen LogP contribution in [0.4, 0.5) is 0 Å². The molecule has 2 rings (SSSR count). The Morgan fingerprint density at radius 3 is 2.70 bits per heavy atom. The Hall–Kier alpha value is -1.93. The molecule has 0 bridgehead atoms. The summed E-state index contributed by atoms with van der Waals surface area (Å²) in [7, 11) is -3.30. The number of sulfonamides is 1. The quantitative estimate of drug-likeness (QED) is 0.791. The lowest BCUT2D eigenvalue weighted by Crippen LogP contribution is -2.32. The van der Waals surface area contributed by atoms with Crippen LogP contribution in [0.1, 0.15) is 34.7 Å². The van der Waals surface area contributed by atoms with E-state index in [0.29, 0.717) is 19.5 Å². The van der Waals surface area contributed by atoms with E-state index in [-0.39, 0.29) is 30.4 Å². The standard InChI is InChI=1S/C15H20N2O5S/c1-23(21,22)16-8-6-14(18)17-9-7-11(10-17)12-4-2-3-5-13(12)15(19)20/h2-5,11,16H,6-10H2,1H3,(H,19,20)/t11-/m1/s1. The van der Waals surface area contributed by atoms with E-state index in [1.807, 2.05) is 0 Å². The molecule has 1 aromatic rings. The summed E-state index contributed by atoms with van der Waals surface area (Å²) in [5, 5.41) is 9.25. The largest absolute Gasteiger partial charge is 0.478 e. The van der Waals surface area contributed by atoms with Crippen LogP contribution in [0.15, 0.2) is 24.3 Å². The first-order valence-electron chi connectivity index (χ1n) is 7.32. The minimum absolute atomic E-state index is 0.00545. The zero-order valence-electron chi connectivity index (χ0n) is 12.9. The normalized spacial score (nSPS) is 18.1. The number of hydrogen-bond donors (Lipinski definition) is 2. The summed E-state index contributed by atoms with van der Waals surface area (Å²) in [6.07, 6.45) is 1.85. The topological polar surface area (TPSA) is 104 Å². The lowest BCUT2D eigenvalue weighted by Gasteiger charge is -2.17. The third-order valence-electron chi connectivity index (χ3n) is 3.88. The number of rotatable bonds is 6. The number of likely N-dealkylation sites (tertiary alicyclic amines) is 1. The van der Waals surface area contributed by atoms with Gasteiger partial charge in [-0.05, 0) is 18.1 Å². The molecule has 0 radical (unpaired) electrons. The van der Waals surface area contributed by atoms with Crippen molar-refractivity contribution in [3.8, 4) is 0 Å². The van der Waals surface area contributed by atoms with Gasteiger partial charge in [0.1, 0.15) is 0 Å². The zero-order chi connectivity index (χ0) is 17.0. The molecule has 1 aliphatic heterocycles. The molecule has 1 amide bonds. The first-order chi connectivity index (χ1) is 10.8. The Balaban J connectivity index is 1.96. The van der Waals surface area contributed by atoms with Gasteiger partial charge < -0.3 is 10.0 Å². The average molecular weight is 340 g/mol. The molecule has 23 heavy (non-hydrogen) atoms. The molecule has 8 heteroatoms. The van der Waals surface area contributed by atoms with E-state index in [1.54, 1.807) is 29.2 Å². The monoisotopic (exact) mass is 340 g/mol. The number of carboxylic acid groups (broad SMARTS) is 1. The molecule has 2 N–H and O–H groups in total. The number of nitrogens with one attached hydrogen (secondary N) is 1. The molecule has 1 aliphatic rings. The highest BCUT2D eigenvalue weighted by atomic mass is 32.2. The van der Waals surface area contributed by atoms with Gasteiger partial charge in [-0.3, -0.25) is 4.79 Å². The molecule has 0 saturated carbocycles. The molecular formula is C15H20N2O5S. The highest BCUT2D eigenvalue weighted by Crippen LogP contribution is 2.29. The Kier molecular flexibility index (Phi) is 5.38. The molecule has 0 aliphatic carbocycles. The number of carboxylic acids is 1. The Morgan fingerprint density at radius 2 is 2.04 bits per heavy atom. The van der Waals surface area contributed by atoms with Crippen molar-refractivity contribution in [3.05, 3.63) is 35.4 Å². The van der Waals surface area contributed by atoms with E-state index in [4.69, 9.17) is 0 Å². The zero-order valence-corrected chi connectivity index (χ0v) is 13.7. The van der Waals surface area contributed by atoms with Gasteiger partial charge in [-0.15, -0.1) is 0 Å². The van der Waals surface area contributed by atoms with Crippen LogP contribution in [-0.4, -0.2) is 56.2 Å². The number of hydrogen-bond acceptors (Lipinski definition) is 4. The lowest BCUT2D eigenvalue weighted by molar-refractivity contribution is -0.130. The van der Waals surface area contributed by atoms with E-state index in [9.17, 15) is 23.1 Å². The van der Waals surface area contributed by atoms with Gasteiger partial charge in [0.2, 0.25) is 15.9 Å². The number of benzene rings is 1. The van der Waals surface area contributed by atoms with Crippen molar-refractivity contribution in [2.75, 3.05) is 25.9 Å². The van der Waals surface area contributed by atoms with Crippen molar-refractivity contribution in [1.82, 2.24) is 9.62 Å². The van der Waals surface area contributed by atoms with Gasteiger partial charge >= 0.3 is 5.97 Å². The minimum atomic E-state index is -3.30. The van der Waals surface area contributed by atoms with Crippen LogP contribution in [0, 0.1) is 0 Å². The number of carbonyl (C=O) groups is 2. The molecule has 1 atom stereocenters. The average Bonchev–Trinajstić information content (AvgIpc) is 2.95. The highest BCUT2D eigenvalue weighted by Gasteiger charge is 2.29. The first kappa shape index (κ1) is 17.4. The van der Waals surface area contributed by atoms with Crippen molar-refractivity contribution in [3.63, 3.8) is 0 Å². The van der Waals surface area contributed by atoms with E-state index in [2.05, 4.69) is 4.72 Å². The van der Waals surface area contributed by atoms with E-state index >= 15 is 0 Å². The summed E-state index contributed by atoms with van der Waals surface area (Å²) in [4.78, 5) is 25.0. The van der Waals surface area contributed by atoms with Crippen LogP contribution in [0.2, 0.25) is 0 Å². The van der Waals surface area contributed by atoms with Crippen LogP contribution in [0.3, 0.4) is 0 Å². The van der Waals surface area contributed by atoms with Crippen molar-refractivity contribution in [2.24, 2.45) is 0 Å². The van der Waals surface area contributed by atoms with E-state index in [1.165, 1.54) is 0 Å². The van der Waals surface area contributed by atoms with Crippen LogP contribution in [-0.2, 0) is 14.8 Å². The summed E-state index contributed by atoms with van der Waals surface area (Å²) in [5.74, 6) is -1.10. The van der Waals surface area contributed by atoms with Gasteiger partial charge in [-0.1, -0.05) is 18.2 Å². The molecule has 0 spiro atoms. The molecule has 0 aromatic heterocycles. The predicted octanol–water partition coefficient (Wildman–Crippen LogP) is 0.640.